The van der Waals surface area contributed by atoms with Gasteiger partial charge in [-0.15, -0.1) is 0 Å². The molecule has 0 aromatic heterocycles. The molecular weight excluding hydrogens is 540 g/mol. The van der Waals surface area contributed by atoms with Gasteiger partial charge in [-0.25, -0.2) is 0 Å². The number of carbonyl (C=O) groups is 2. The number of hydrogen-bond acceptors (Lipinski definition) is 4. The van der Waals surface area contributed by atoms with Crippen molar-refractivity contribution >= 4 is 35.3 Å². The Labute approximate surface area is 260 Å². The summed E-state index contributed by atoms with van der Waals surface area (Å²) in [5.74, 6) is 0.517. The van der Waals surface area contributed by atoms with E-state index < -0.39 is 0 Å². The van der Waals surface area contributed by atoms with E-state index in [-0.39, 0.29) is 5.54 Å². The molecule has 0 bridgehead atoms. The number of carbonyl (C=O) groups excluding carboxylic acids is 2. The zero-order valence-corrected chi connectivity index (χ0v) is 25.1. The number of para-hydroxylation sites is 1. The maximum absolute atomic E-state index is 11.3. The highest BCUT2D eigenvalue weighted by Crippen LogP contribution is 2.40. The molecule has 2 aliphatic carbocycles. The van der Waals surface area contributed by atoms with E-state index in [4.69, 9.17) is 0 Å². The minimum atomic E-state index is -0.315. The van der Waals surface area contributed by atoms with Crippen molar-refractivity contribution in [3.63, 3.8) is 0 Å². The Hall–Kier alpha value is -5.22. The monoisotopic (exact) mass is 576 g/mol. The highest BCUT2D eigenvalue weighted by atomic mass is 16.1. The Balaban J connectivity index is 1.30. The van der Waals surface area contributed by atoms with Gasteiger partial charge < -0.3 is 9.80 Å². The molecule has 0 fully saturated rings. The molecule has 2 atom stereocenters. The molecule has 44 heavy (non-hydrogen) atoms. The topological polar surface area (TPSA) is 40.6 Å². The highest BCUT2D eigenvalue weighted by molar-refractivity contribution is 5.80. The lowest BCUT2D eigenvalue weighted by Gasteiger charge is -2.42. The second kappa shape index (κ2) is 12.6. The summed E-state index contributed by atoms with van der Waals surface area (Å²) in [6.45, 7) is 4.43. The van der Waals surface area contributed by atoms with Gasteiger partial charge in [-0.05, 0) is 104 Å². The molecule has 2 aliphatic rings. The van der Waals surface area contributed by atoms with Crippen molar-refractivity contribution in [1.29, 1.82) is 0 Å². The summed E-state index contributed by atoms with van der Waals surface area (Å²) in [5, 5.41) is 0. The number of benzene rings is 4. The average Bonchev–Trinajstić information content (AvgIpc) is 3.08. The molecule has 4 nitrogen and oxygen atoms in total. The first-order valence-electron chi connectivity index (χ1n) is 15.1. The van der Waals surface area contributed by atoms with Crippen LogP contribution in [0.1, 0.15) is 37.0 Å². The molecule has 0 spiro atoms. The van der Waals surface area contributed by atoms with E-state index in [0.717, 1.165) is 70.6 Å². The Morgan fingerprint density at radius 2 is 1.27 bits per heavy atom. The smallest absolute Gasteiger partial charge is 0.150 e. The summed E-state index contributed by atoms with van der Waals surface area (Å²) in [6, 6.07) is 35.5. The number of anilines is 4. The van der Waals surface area contributed by atoms with Crippen molar-refractivity contribution in [2.24, 2.45) is 5.92 Å². The predicted molar refractivity (Wildman–Crippen MR) is 182 cm³/mol. The first-order chi connectivity index (χ1) is 21.5. The van der Waals surface area contributed by atoms with Crippen LogP contribution in [0.15, 0.2) is 151 Å². The number of aldehydes is 2. The molecule has 2 unspecified atom stereocenters. The van der Waals surface area contributed by atoms with Crippen molar-refractivity contribution in [3.8, 4) is 11.1 Å². The van der Waals surface area contributed by atoms with Crippen molar-refractivity contribution in [2.45, 2.75) is 32.2 Å². The van der Waals surface area contributed by atoms with Gasteiger partial charge in [0.25, 0.3) is 0 Å². The van der Waals surface area contributed by atoms with Gasteiger partial charge in [-0.1, -0.05) is 79.8 Å². The number of hydrogen-bond donors (Lipinski definition) is 0. The van der Waals surface area contributed by atoms with Crippen LogP contribution in [0, 0.1) is 5.92 Å². The largest absolute Gasteiger partial charge is 0.332 e. The summed E-state index contributed by atoms with van der Waals surface area (Å²) in [6.07, 6.45) is 16.3. The summed E-state index contributed by atoms with van der Waals surface area (Å²) < 4.78 is 0. The maximum atomic E-state index is 11.3. The van der Waals surface area contributed by atoms with Gasteiger partial charge in [-0.3, -0.25) is 9.59 Å². The molecule has 4 aromatic carbocycles. The maximum Gasteiger partial charge on any atom is 0.150 e. The minimum Gasteiger partial charge on any atom is -0.332 e. The van der Waals surface area contributed by atoms with Crippen LogP contribution in [0.4, 0.5) is 22.7 Å². The summed E-state index contributed by atoms with van der Waals surface area (Å²) in [7, 11) is 0. The first kappa shape index (κ1) is 28.9. The van der Waals surface area contributed by atoms with E-state index in [2.05, 4.69) is 121 Å². The molecule has 6 rings (SSSR count). The van der Waals surface area contributed by atoms with Crippen LogP contribution >= 0.6 is 0 Å². The van der Waals surface area contributed by atoms with Crippen molar-refractivity contribution < 1.29 is 9.59 Å². The molecular formula is C40H36N2O2. The zero-order chi connectivity index (χ0) is 30.5. The van der Waals surface area contributed by atoms with E-state index in [1.807, 2.05) is 42.5 Å². The van der Waals surface area contributed by atoms with Gasteiger partial charge in [0, 0.05) is 39.6 Å². The van der Waals surface area contributed by atoms with Crippen molar-refractivity contribution in [2.75, 3.05) is 9.80 Å². The number of rotatable bonds is 9. The molecule has 4 heteroatoms. The second-order valence-corrected chi connectivity index (χ2v) is 11.7. The third-order valence-corrected chi connectivity index (χ3v) is 8.47. The van der Waals surface area contributed by atoms with Crippen LogP contribution in [0.25, 0.3) is 11.1 Å². The average molecular weight is 577 g/mol. The molecule has 0 N–H and O–H groups in total. The van der Waals surface area contributed by atoms with Crippen LogP contribution in [0.2, 0.25) is 0 Å². The molecule has 0 heterocycles. The van der Waals surface area contributed by atoms with Gasteiger partial charge in [0.05, 0.1) is 5.54 Å². The van der Waals surface area contributed by atoms with Crippen molar-refractivity contribution in [3.05, 3.63) is 156 Å². The van der Waals surface area contributed by atoms with Crippen LogP contribution in [-0.2, 0) is 4.79 Å². The lowest BCUT2D eigenvalue weighted by Crippen LogP contribution is -2.42. The summed E-state index contributed by atoms with van der Waals surface area (Å²) >= 11 is 0. The van der Waals surface area contributed by atoms with Gasteiger partial charge in [0.15, 0.2) is 0 Å². The van der Waals surface area contributed by atoms with Crippen LogP contribution in [0.5, 0.6) is 0 Å². The van der Waals surface area contributed by atoms with Gasteiger partial charge in [-0.2, -0.15) is 0 Å². The lowest BCUT2D eigenvalue weighted by atomic mass is 9.87. The van der Waals surface area contributed by atoms with Crippen LogP contribution < -0.4 is 9.80 Å². The van der Waals surface area contributed by atoms with Gasteiger partial charge in [0.1, 0.15) is 12.6 Å². The minimum absolute atomic E-state index is 0.315. The summed E-state index contributed by atoms with van der Waals surface area (Å²) in [4.78, 5) is 27.2. The SMILES string of the molecule is CC1C=CC(N(c2ccc(C=O)cc2)c2ccc(-c3ccc(N(c4ccccc4)C4(C)C=CC(C=O)=CC4)cc3)cc2)=CC1. The van der Waals surface area contributed by atoms with E-state index in [0.29, 0.717) is 11.5 Å². The molecule has 0 aliphatic heterocycles. The fourth-order valence-corrected chi connectivity index (χ4v) is 5.94. The first-order valence-corrected chi connectivity index (χ1v) is 15.1. The Morgan fingerprint density at radius 3 is 1.80 bits per heavy atom. The molecule has 0 amide bonds. The van der Waals surface area contributed by atoms with E-state index in [9.17, 15) is 9.59 Å². The fraction of sp³-hybridized carbons (Fsp3) is 0.150. The third-order valence-electron chi connectivity index (χ3n) is 8.47. The molecule has 0 saturated carbocycles. The Bertz CT molecular complexity index is 1750. The van der Waals surface area contributed by atoms with E-state index in [1.54, 1.807) is 0 Å². The third kappa shape index (κ3) is 5.97. The predicted octanol–water partition coefficient (Wildman–Crippen LogP) is 9.77. The summed E-state index contributed by atoms with van der Waals surface area (Å²) in [5.41, 5.74) is 8.71. The molecule has 218 valence electrons. The quantitative estimate of drug-likeness (QED) is 0.186. The Kier molecular flexibility index (Phi) is 8.25. The van der Waals surface area contributed by atoms with Crippen LogP contribution in [0.3, 0.4) is 0 Å². The lowest BCUT2D eigenvalue weighted by molar-refractivity contribution is -0.104. The van der Waals surface area contributed by atoms with Crippen molar-refractivity contribution in [1.82, 2.24) is 0 Å². The molecule has 4 aromatic rings. The van der Waals surface area contributed by atoms with Gasteiger partial charge in [0.2, 0.25) is 0 Å². The molecule has 0 radical (unpaired) electrons. The van der Waals surface area contributed by atoms with E-state index >= 15 is 0 Å². The standard InChI is InChI=1S/C40H36N2O2/c1-30-8-16-35(17-9-30)41(36-18-10-31(28-43)11-19-36)37-20-12-33(13-21-37)34-14-22-39(23-15-34)42(38-6-4-3-5-7-38)40(2)26-24-32(29-44)25-27-40/h3-8,10-26,28-30H,9,27H2,1-2H3. The second-order valence-electron chi connectivity index (χ2n) is 11.7. The normalized spacial score (nSPS) is 19.1. The fourth-order valence-electron chi connectivity index (χ4n) is 5.94. The number of nitrogens with zero attached hydrogens (tertiary/aromatic N) is 2. The Morgan fingerprint density at radius 1 is 0.682 bits per heavy atom. The highest BCUT2D eigenvalue weighted by Gasteiger charge is 2.32. The van der Waals surface area contributed by atoms with Crippen LogP contribution in [-0.4, -0.2) is 18.1 Å². The molecule has 0 saturated heterocycles. The van der Waals surface area contributed by atoms with E-state index in [1.165, 1.54) is 0 Å². The number of allylic oxidation sites excluding steroid dienone is 5. The zero-order valence-electron chi connectivity index (χ0n) is 25.1. The van der Waals surface area contributed by atoms with Gasteiger partial charge >= 0.3 is 0 Å².